The summed E-state index contributed by atoms with van der Waals surface area (Å²) in [4.78, 5) is 34.3. The molecule has 0 aromatic rings. The van der Waals surface area contributed by atoms with Crippen LogP contribution in [0.1, 0.15) is 39.0 Å². The van der Waals surface area contributed by atoms with Gasteiger partial charge in [0.25, 0.3) is 0 Å². The van der Waals surface area contributed by atoms with E-state index in [-0.39, 0.29) is 19.4 Å². The number of esters is 1. The average Bonchev–Trinajstić information content (AvgIpc) is 2.40. The predicted octanol–water partition coefficient (Wildman–Crippen LogP) is 1.84. The molecule has 112 valence electrons. The number of rotatable bonds is 6. The van der Waals surface area contributed by atoms with Crippen LogP contribution in [0.2, 0.25) is 0 Å². The van der Waals surface area contributed by atoms with Crippen molar-refractivity contribution in [3.63, 3.8) is 0 Å². The Kier molecular flexibility index (Phi) is 4.92. The molecule has 0 heterocycles. The number of carbonyl (C=O) groups excluding carboxylic acids is 1. The van der Waals surface area contributed by atoms with Crippen LogP contribution in [0.3, 0.4) is 0 Å². The number of carbonyl (C=O) groups is 3. The first-order valence-corrected chi connectivity index (χ1v) is 6.56. The summed E-state index contributed by atoms with van der Waals surface area (Å²) in [6.07, 6.45) is 2.91. The summed E-state index contributed by atoms with van der Waals surface area (Å²) in [5.74, 6) is -2.90. The van der Waals surface area contributed by atoms with Crippen molar-refractivity contribution in [1.29, 1.82) is 0 Å². The lowest BCUT2D eigenvalue weighted by molar-refractivity contribution is -0.180. The van der Waals surface area contributed by atoms with Gasteiger partial charge in [-0.3, -0.25) is 9.59 Å². The molecule has 6 nitrogen and oxygen atoms in total. The molecule has 0 saturated heterocycles. The first-order valence-electron chi connectivity index (χ1n) is 6.56. The number of aliphatic carboxylic acids is 2. The summed E-state index contributed by atoms with van der Waals surface area (Å²) in [6.45, 7) is 4.60. The van der Waals surface area contributed by atoms with Crippen molar-refractivity contribution in [3.05, 3.63) is 12.7 Å². The number of hydrogen-bond acceptors (Lipinski definition) is 4. The fraction of sp³-hybridized carbons (Fsp3) is 0.643. The van der Waals surface area contributed by atoms with Crippen LogP contribution in [-0.4, -0.2) is 34.7 Å². The molecule has 20 heavy (non-hydrogen) atoms. The van der Waals surface area contributed by atoms with Gasteiger partial charge >= 0.3 is 17.9 Å². The Bertz CT molecular complexity index is 429. The highest BCUT2D eigenvalue weighted by molar-refractivity contribution is 5.86. The second-order valence-corrected chi connectivity index (χ2v) is 5.35. The van der Waals surface area contributed by atoms with E-state index in [9.17, 15) is 24.6 Å². The molecular weight excluding hydrogens is 264 g/mol. The average molecular weight is 284 g/mol. The molecule has 1 fully saturated rings. The van der Waals surface area contributed by atoms with Gasteiger partial charge in [0.2, 0.25) is 0 Å². The summed E-state index contributed by atoms with van der Waals surface area (Å²) < 4.78 is 4.83. The SMILES string of the molecule is C=CC(=O)OCCC1(C(=O)O)CCCCC1(C)C(=O)O. The zero-order valence-corrected chi connectivity index (χ0v) is 11.6. The summed E-state index contributed by atoms with van der Waals surface area (Å²) in [5.41, 5.74) is -2.75. The lowest BCUT2D eigenvalue weighted by atomic mass is 9.55. The Labute approximate surface area is 117 Å². The van der Waals surface area contributed by atoms with Crippen LogP contribution >= 0.6 is 0 Å². The third kappa shape index (κ3) is 2.69. The molecule has 0 amide bonds. The van der Waals surface area contributed by atoms with Gasteiger partial charge in [-0.2, -0.15) is 0 Å². The highest BCUT2D eigenvalue weighted by Gasteiger charge is 2.59. The molecule has 0 aromatic carbocycles. The van der Waals surface area contributed by atoms with E-state index in [4.69, 9.17) is 4.74 Å². The van der Waals surface area contributed by atoms with Crippen molar-refractivity contribution in [2.75, 3.05) is 6.61 Å². The van der Waals surface area contributed by atoms with Gasteiger partial charge in [-0.25, -0.2) is 4.79 Å². The van der Waals surface area contributed by atoms with Gasteiger partial charge in [0, 0.05) is 6.08 Å². The highest BCUT2D eigenvalue weighted by Crippen LogP contribution is 2.53. The van der Waals surface area contributed by atoms with Crippen LogP contribution in [0.5, 0.6) is 0 Å². The number of carboxylic acids is 2. The van der Waals surface area contributed by atoms with Crippen molar-refractivity contribution in [2.24, 2.45) is 10.8 Å². The molecule has 0 aromatic heterocycles. The molecule has 2 atom stereocenters. The van der Waals surface area contributed by atoms with E-state index in [1.54, 1.807) is 0 Å². The zero-order chi connectivity index (χ0) is 15.4. The maximum absolute atomic E-state index is 11.7. The topological polar surface area (TPSA) is 101 Å². The maximum atomic E-state index is 11.7. The molecule has 2 unspecified atom stereocenters. The van der Waals surface area contributed by atoms with Crippen LogP contribution in [0.4, 0.5) is 0 Å². The molecule has 0 aliphatic heterocycles. The molecule has 1 rings (SSSR count). The Morgan fingerprint density at radius 3 is 2.30 bits per heavy atom. The first-order chi connectivity index (χ1) is 9.30. The monoisotopic (exact) mass is 284 g/mol. The Morgan fingerprint density at radius 2 is 1.80 bits per heavy atom. The van der Waals surface area contributed by atoms with E-state index < -0.39 is 28.7 Å². The fourth-order valence-electron chi connectivity index (χ4n) is 2.97. The second kappa shape index (κ2) is 6.07. The quantitative estimate of drug-likeness (QED) is 0.570. The summed E-state index contributed by atoms with van der Waals surface area (Å²) in [7, 11) is 0. The molecule has 1 aliphatic carbocycles. The molecular formula is C14H20O6. The molecule has 0 spiro atoms. The van der Waals surface area contributed by atoms with Gasteiger partial charge in [0.05, 0.1) is 17.4 Å². The number of hydrogen-bond donors (Lipinski definition) is 2. The van der Waals surface area contributed by atoms with Crippen LogP contribution in [0, 0.1) is 10.8 Å². The van der Waals surface area contributed by atoms with Crippen LogP contribution < -0.4 is 0 Å². The van der Waals surface area contributed by atoms with Crippen LogP contribution in [-0.2, 0) is 19.1 Å². The highest BCUT2D eigenvalue weighted by atomic mass is 16.5. The second-order valence-electron chi connectivity index (χ2n) is 5.35. The Morgan fingerprint density at radius 1 is 1.20 bits per heavy atom. The molecule has 1 saturated carbocycles. The van der Waals surface area contributed by atoms with Gasteiger partial charge in [-0.15, -0.1) is 0 Å². The lowest BCUT2D eigenvalue weighted by Crippen LogP contribution is -2.53. The molecule has 0 radical (unpaired) electrons. The standard InChI is InChI=1S/C14H20O6/c1-3-10(15)20-9-8-14(12(18)19)7-5-4-6-13(14,2)11(16)17/h3H,1,4-9H2,2H3,(H,16,17)(H,18,19). The smallest absolute Gasteiger partial charge is 0.330 e. The lowest BCUT2D eigenvalue weighted by Gasteiger charge is -2.46. The minimum absolute atomic E-state index is 0.00921. The van der Waals surface area contributed by atoms with Crippen molar-refractivity contribution >= 4 is 17.9 Å². The third-order valence-corrected chi connectivity index (χ3v) is 4.41. The minimum atomic E-state index is -1.40. The molecule has 6 heteroatoms. The van der Waals surface area contributed by atoms with Crippen molar-refractivity contribution in [1.82, 2.24) is 0 Å². The molecule has 2 N–H and O–H groups in total. The van der Waals surface area contributed by atoms with Gasteiger partial charge in [0.1, 0.15) is 0 Å². The van der Waals surface area contributed by atoms with Gasteiger partial charge in [-0.1, -0.05) is 19.4 Å². The van der Waals surface area contributed by atoms with Gasteiger partial charge in [0.15, 0.2) is 0 Å². The van der Waals surface area contributed by atoms with E-state index in [0.29, 0.717) is 19.3 Å². The van der Waals surface area contributed by atoms with Crippen LogP contribution in [0.15, 0.2) is 12.7 Å². The maximum Gasteiger partial charge on any atom is 0.330 e. The van der Waals surface area contributed by atoms with E-state index in [0.717, 1.165) is 6.08 Å². The van der Waals surface area contributed by atoms with E-state index in [1.807, 2.05) is 0 Å². The molecule has 1 aliphatic rings. The van der Waals surface area contributed by atoms with E-state index >= 15 is 0 Å². The van der Waals surface area contributed by atoms with Gasteiger partial charge < -0.3 is 14.9 Å². The predicted molar refractivity (Wildman–Crippen MR) is 70.1 cm³/mol. The van der Waals surface area contributed by atoms with Crippen molar-refractivity contribution in [3.8, 4) is 0 Å². The van der Waals surface area contributed by atoms with Crippen molar-refractivity contribution in [2.45, 2.75) is 39.0 Å². The van der Waals surface area contributed by atoms with Crippen LogP contribution in [0.25, 0.3) is 0 Å². The van der Waals surface area contributed by atoms with E-state index in [2.05, 4.69) is 6.58 Å². The fourth-order valence-corrected chi connectivity index (χ4v) is 2.97. The third-order valence-electron chi connectivity index (χ3n) is 4.41. The largest absolute Gasteiger partial charge is 0.481 e. The minimum Gasteiger partial charge on any atom is -0.481 e. The first kappa shape index (κ1) is 16.2. The number of carboxylic acid groups (broad SMARTS) is 2. The summed E-state index contributed by atoms with van der Waals surface area (Å²) in [6, 6.07) is 0. The normalized spacial score (nSPS) is 29.4. The zero-order valence-electron chi connectivity index (χ0n) is 11.6. The summed E-state index contributed by atoms with van der Waals surface area (Å²) in [5, 5.41) is 19.0. The van der Waals surface area contributed by atoms with E-state index in [1.165, 1.54) is 6.92 Å². The summed E-state index contributed by atoms with van der Waals surface area (Å²) >= 11 is 0. The Balaban J connectivity index is 2.99. The molecule has 0 bridgehead atoms. The Hall–Kier alpha value is -1.85. The number of ether oxygens (including phenoxy) is 1. The van der Waals surface area contributed by atoms with Crippen molar-refractivity contribution < 1.29 is 29.3 Å². The van der Waals surface area contributed by atoms with Gasteiger partial charge in [-0.05, 0) is 26.2 Å².